The third kappa shape index (κ3) is 4.85. The summed E-state index contributed by atoms with van der Waals surface area (Å²) in [4.78, 5) is 9.95. The van der Waals surface area contributed by atoms with Crippen LogP contribution in [0, 0.1) is 0 Å². The zero-order valence-corrected chi connectivity index (χ0v) is 15.3. The summed E-state index contributed by atoms with van der Waals surface area (Å²) in [5, 5.41) is 6.43. The average Bonchev–Trinajstić information content (AvgIpc) is 3.29. The van der Waals surface area contributed by atoms with Crippen LogP contribution in [0.3, 0.4) is 0 Å². The first kappa shape index (κ1) is 19.3. The molecule has 1 atom stereocenters. The zero-order chi connectivity index (χ0) is 19.4. The molecule has 1 aliphatic rings. The van der Waals surface area contributed by atoms with Gasteiger partial charge < -0.3 is 20.0 Å². The maximum Gasteiger partial charge on any atom is 0.417 e. The first-order chi connectivity index (χ1) is 12.9. The van der Waals surface area contributed by atoms with E-state index in [0.717, 1.165) is 24.4 Å². The first-order valence-corrected chi connectivity index (χ1v) is 8.72. The largest absolute Gasteiger partial charge is 0.467 e. The molecular weight excluding hydrogens is 383 g/mol. The molecule has 1 unspecified atom stereocenters. The van der Waals surface area contributed by atoms with Crippen LogP contribution in [0.2, 0.25) is 5.02 Å². The van der Waals surface area contributed by atoms with Gasteiger partial charge in [0.25, 0.3) is 0 Å². The highest BCUT2D eigenvalue weighted by Gasteiger charge is 2.33. The van der Waals surface area contributed by atoms with E-state index in [4.69, 9.17) is 16.0 Å². The number of guanidine groups is 1. The monoisotopic (exact) mass is 401 g/mol. The minimum Gasteiger partial charge on any atom is -0.467 e. The van der Waals surface area contributed by atoms with Crippen LogP contribution < -0.4 is 15.5 Å². The standard InChI is InChI=1S/C17H19ClF3N5O/c1-22-16(24-9-13-3-2-6-27-13)25-12-4-5-26(10-12)15-14(18)7-11(8-23-15)17(19,20)21/h2-3,6-8,12H,4-5,9-10H2,1H3,(H2,22,24,25). The first-order valence-electron chi connectivity index (χ1n) is 8.34. The van der Waals surface area contributed by atoms with Crippen molar-refractivity contribution in [2.24, 2.45) is 4.99 Å². The SMILES string of the molecule is CN=C(NCc1ccco1)NC1CCN(c2ncc(C(F)(F)F)cc2Cl)C1. The van der Waals surface area contributed by atoms with E-state index in [1.54, 1.807) is 13.3 Å². The van der Waals surface area contributed by atoms with Gasteiger partial charge in [-0.15, -0.1) is 0 Å². The molecule has 27 heavy (non-hydrogen) atoms. The van der Waals surface area contributed by atoms with E-state index in [0.29, 0.717) is 31.4 Å². The summed E-state index contributed by atoms with van der Waals surface area (Å²) in [6.45, 7) is 1.68. The lowest BCUT2D eigenvalue weighted by Crippen LogP contribution is -2.44. The summed E-state index contributed by atoms with van der Waals surface area (Å²) >= 11 is 6.03. The number of nitrogens with zero attached hydrogens (tertiary/aromatic N) is 3. The van der Waals surface area contributed by atoms with Gasteiger partial charge >= 0.3 is 6.18 Å². The molecule has 1 fully saturated rings. The van der Waals surface area contributed by atoms with Gasteiger partial charge in [0.1, 0.15) is 11.6 Å². The van der Waals surface area contributed by atoms with Gasteiger partial charge in [-0.3, -0.25) is 4.99 Å². The summed E-state index contributed by atoms with van der Waals surface area (Å²) in [6, 6.07) is 4.64. The summed E-state index contributed by atoms with van der Waals surface area (Å²) in [5.74, 6) is 1.75. The lowest BCUT2D eigenvalue weighted by molar-refractivity contribution is -0.137. The molecule has 0 radical (unpaired) electrons. The molecule has 0 bridgehead atoms. The highest BCUT2D eigenvalue weighted by Crippen LogP contribution is 2.34. The molecule has 0 saturated carbocycles. The number of aliphatic imine (C=N–C) groups is 1. The van der Waals surface area contributed by atoms with Crippen LogP contribution in [0.25, 0.3) is 0 Å². The Morgan fingerprint density at radius 3 is 2.93 bits per heavy atom. The molecule has 0 aliphatic carbocycles. The molecule has 1 aliphatic heterocycles. The summed E-state index contributed by atoms with van der Waals surface area (Å²) in [7, 11) is 1.67. The molecule has 2 N–H and O–H groups in total. The molecule has 10 heteroatoms. The Labute approximate surface area is 159 Å². The van der Waals surface area contributed by atoms with Gasteiger partial charge in [-0.1, -0.05) is 11.6 Å². The van der Waals surface area contributed by atoms with Gasteiger partial charge in [0.15, 0.2) is 5.96 Å². The third-order valence-electron chi connectivity index (χ3n) is 4.21. The van der Waals surface area contributed by atoms with E-state index in [2.05, 4.69) is 20.6 Å². The summed E-state index contributed by atoms with van der Waals surface area (Å²) in [5.41, 5.74) is -0.854. The minimum absolute atomic E-state index is 0.00852. The quantitative estimate of drug-likeness (QED) is 0.608. The van der Waals surface area contributed by atoms with Crippen molar-refractivity contribution in [1.82, 2.24) is 15.6 Å². The van der Waals surface area contributed by atoms with Gasteiger partial charge in [0, 0.05) is 32.4 Å². The molecule has 1 saturated heterocycles. The van der Waals surface area contributed by atoms with E-state index in [-0.39, 0.29) is 11.1 Å². The Bertz CT molecular complexity index is 794. The predicted molar refractivity (Wildman–Crippen MR) is 96.9 cm³/mol. The number of pyridine rings is 1. The Balaban J connectivity index is 1.58. The van der Waals surface area contributed by atoms with Crippen LogP contribution in [0.1, 0.15) is 17.7 Å². The number of aromatic nitrogens is 1. The van der Waals surface area contributed by atoms with Crippen LogP contribution in [-0.4, -0.2) is 37.1 Å². The maximum atomic E-state index is 12.7. The van der Waals surface area contributed by atoms with Crippen molar-refractivity contribution in [1.29, 1.82) is 0 Å². The second-order valence-electron chi connectivity index (χ2n) is 6.11. The number of nitrogens with one attached hydrogen (secondary N) is 2. The molecule has 0 aromatic carbocycles. The summed E-state index contributed by atoms with van der Waals surface area (Å²) in [6.07, 6.45) is -1.27. The molecule has 6 nitrogen and oxygen atoms in total. The average molecular weight is 402 g/mol. The fraction of sp³-hybridized carbons (Fsp3) is 0.412. The molecule has 2 aromatic heterocycles. The Morgan fingerprint density at radius 2 is 2.30 bits per heavy atom. The number of rotatable bonds is 4. The summed E-state index contributed by atoms with van der Waals surface area (Å²) < 4.78 is 43.5. The molecule has 2 aromatic rings. The molecule has 3 heterocycles. The lowest BCUT2D eigenvalue weighted by atomic mass is 10.2. The normalized spacial score (nSPS) is 18.0. The van der Waals surface area contributed by atoms with Crippen molar-refractivity contribution in [3.63, 3.8) is 0 Å². The van der Waals surface area contributed by atoms with E-state index in [1.165, 1.54) is 0 Å². The molecule has 0 spiro atoms. The molecule has 146 valence electrons. The highest BCUT2D eigenvalue weighted by atomic mass is 35.5. The van der Waals surface area contributed by atoms with Crippen molar-refractivity contribution < 1.29 is 17.6 Å². The number of furan rings is 1. The van der Waals surface area contributed by atoms with Crippen molar-refractivity contribution in [2.45, 2.75) is 25.2 Å². The number of hydrogen-bond donors (Lipinski definition) is 2. The van der Waals surface area contributed by atoms with Crippen molar-refractivity contribution >= 4 is 23.4 Å². The minimum atomic E-state index is -4.46. The van der Waals surface area contributed by atoms with Gasteiger partial charge in [-0.05, 0) is 24.6 Å². The van der Waals surface area contributed by atoms with E-state index in [9.17, 15) is 13.2 Å². The van der Waals surface area contributed by atoms with Gasteiger partial charge in [-0.25, -0.2) is 4.98 Å². The van der Waals surface area contributed by atoms with Crippen LogP contribution >= 0.6 is 11.6 Å². The molecular formula is C17H19ClF3N5O. The van der Waals surface area contributed by atoms with Crippen LogP contribution in [0.15, 0.2) is 40.1 Å². The van der Waals surface area contributed by atoms with Crippen LogP contribution in [-0.2, 0) is 12.7 Å². The molecule has 3 rings (SSSR count). The highest BCUT2D eigenvalue weighted by molar-refractivity contribution is 6.33. The maximum absolute atomic E-state index is 12.7. The van der Waals surface area contributed by atoms with Gasteiger partial charge in [0.05, 0.1) is 23.4 Å². The Hall–Kier alpha value is -2.42. The fourth-order valence-electron chi connectivity index (χ4n) is 2.86. The number of anilines is 1. The van der Waals surface area contributed by atoms with E-state index >= 15 is 0 Å². The van der Waals surface area contributed by atoms with Crippen LogP contribution in [0.4, 0.5) is 19.0 Å². The smallest absolute Gasteiger partial charge is 0.417 e. The van der Waals surface area contributed by atoms with Crippen molar-refractivity contribution in [3.8, 4) is 0 Å². The van der Waals surface area contributed by atoms with Crippen LogP contribution in [0.5, 0.6) is 0 Å². The predicted octanol–water partition coefficient (Wildman–Crippen LogP) is 3.29. The zero-order valence-electron chi connectivity index (χ0n) is 14.6. The van der Waals surface area contributed by atoms with Crippen molar-refractivity contribution in [2.75, 3.05) is 25.0 Å². The second kappa shape index (κ2) is 8.08. The Morgan fingerprint density at radius 1 is 1.48 bits per heavy atom. The topological polar surface area (TPSA) is 65.7 Å². The number of halogens is 4. The fourth-order valence-corrected chi connectivity index (χ4v) is 3.15. The van der Waals surface area contributed by atoms with Gasteiger partial charge in [-0.2, -0.15) is 13.2 Å². The second-order valence-corrected chi connectivity index (χ2v) is 6.52. The lowest BCUT2D eigenvalue weighted by Gasteiger charge is -2.21. The van der Waals surface area contributed by atoms with E-state index < -0.39 is 11.7 Å². The number of alkyl halides is 3. The Kier molecular flexibility index (Phi) is 5.79. The van der Waals surface area contributed by atoms with Crippen molar-refractivity contribution in [3.05, 3.63) is 47.0 Å². The third-order valence-corrected chi connectivity index (χ3v) is 4.49. The number of hydrogen-bond acceptors (Lipinski definition) is 4. The van der Waals surface area contributed by atoms with E-state index in [1.807, 2.05) is 17.0 Å². The van der Waals surface area contributed by atoms with Gasteiger partial charge in [0.2, 0.25) is 0 Å². The molecule has 0 amide bonds.